The minimum absolute atomic E-state index is 0.0310. The van der Waals surface area contributed by atoms with Crippen molar-refractivity contribution in [3.63, 3.8) is 0 Å². The van der Waals surface area contributed by atoms with E-state index in [-0.39, 0.29) is 11.4 Å². The van der Waals surface area contributed by atoms with Crippen LogP contribution in [-0.4, -0.2) is 44.3 Å². The van der Waals surface area contributed by atoms with E-state index in [2.05, 4.69) is 26.2 Å². The number of carbonyl (C=O) groups is 2. The van der Waals surface area contributed by atoms with Crippen molar-refractivity contribution in [2.24, 2.45) is 5.92 Å². The lowest BCUT2D eigenvalue weighted by molar-refractivity contribution is -0.146. The molecule has 2 heterocycles. The molecule has 0 spiro atoms. The number of aromatic nitrogens is 2. The molecule has 32 heavy (non-hydrogen) atoms. The van der Waals surface area contributed by atoms with E-state index in [1.807, 2.05) is 0 Å². The number of rotatable bonds is 7. The van der Waals surface area contributed by atoms with E-state index in [4.69, 9.17) is 4.74 Å². The number of ether oxygens (including phenoxy) is 1. The molecule has 1 aromatic carbocycles. The maximum absolute atomic E-state index is 14.6. The normalized spacial score (nSPS) is 15.1. The molecule has 0 aliphatic heterocycles. The number of carboxylic acids is 1. The average Bonchev–Trinajstić information content (AvgIpc) is 3.21. The summed E-state index contributed by atoms with van der Waals surface area (Å²) in [5, 5.41) is 23.4. The average molecular weight is 508 g/mol. The van der Waals surface area contributed by atoms with Crippen molar-refractivity contribution in [3.05, 3.63) is 52.6 Å². The molecule has 3 aromatic rings. The first-order chi connectivity index (χ1) is 15.0. The predicted molar refractivity (Wildman–Crippen MR) is 119 cm³/mol. The van der Waals surface area contributed by atoms with Gasteiger partial charge < -0.3 is 24.8 Å². The summed E-state index contributed by atoms with van der Waals surface area (Å²) in [6, 6.07) is 5.52. The van der Waals surface area contributed by atoms with Crippen LogP contribution < -0.4 is 10.1 Å². The molecule has 10 heteroatoms. The Kier molecular flexibility index (Phi) is 6.45. The second-order valence-corrected chi connectivity index (χ2v) is 8.57. The topological polar surface area (TPSA) is 114 Å². The number of pyridine rings is 1. The lowest BCUT2D eigenvalue weighted by atomic mass is 9.81. The van der Waals surface area contributed by atoms with Crippen LogP contribution in [0.15, 0.2) is 41.1 Å². The third-order valence-corrected chi connectivity index (χ3v) is 6.68. The first kappa shape index (κ1) is 23.5. The van der Waals surface area contributed by atoms with Crippen molar-refractivity contribution >= 4 is 38.7 Å². The number of amides is 1. The summed E-state index contributed by atoms with van der Waals surface area (Å²) in [5.41, 5.74) is -1.81. The number of halogens is 2. The summed E-state index contributed by atoms with van der Waals surface area (Å²) in [7, 11) is 1.32. The largest absolute Gasteiger partial charge is 0.503 e. The van der Waals surface area contributed by atoms with Crippen LogP contribution in [0.25, 0.3) is 10.9 Å². The molecular formula is C22H23BrFN3O5. The Morgan fingerprint density at radius 3 is 2.59 bits per heavy atom. The van der Waals surface area contributed by atoms with Gasteiger partial charge in [-0.25, -0.2) is 14.2 Å². The third-order valence-electron chi connectivity index (χ3n) is 5.99. The highest BCUT2D eigenvalue weighted by atomic mass is 79.9. The van der Waals surface area contributed by atoms with Gasteiger partial charge in [-0.15, -0.1) is 0 Å². The van der Waals surface area contributed by atoms with Gasteiger partial charge in [0.1, 0.15) is 11.4 Å². The minimum atomic E-state index is -1.77. The summed E-state index contributed by atoms with van der Waals surface area (Å²) >= 11 is 3.40. The van der Waals surface area contributed by atoms with Crippen LogP contribution in [0.3, 0.4) is 0 Å². The molecule has 0 saturated heterocycles. The second kappa shape index (κ2) is 8.78. The van der Waals surface area contributed by atoms with E-state index >= 15 is 0 Å². The van der Waals surface area contributed by atoms with E-state index < -0.39 is 40.9 Å². The second-order valence-electron chi connectivity index (χ2n) is 7.72. The maximum atomic E-state index is 14.6. The van der Waals surface area contributed by atoms with E-state index in [1.54, 1.807) is 36.7 Å². The number of methoxy groups -OCH3 is 1. The van der Waals surface area contributed by atoms with Crippen LogP contribution in [-0.2, 0) is 4.79 Å². The van der Waals surface area contributed by atoms with Gasteiger partial charge in [0.2, 0.25) is 0 Å². The summed E-state index contributed by atoms with van der Waals surface area (Å²) in [4.78, 5) is 29.0. The van der Waals surface area contributed by atoms with Crippen LogP contribution in [0.1, 0.15) is 37.3 Å². The Labute approximate surface area is 192 Å². The molecule has 1 amide bonds. The van der Waals surface area contributed by atoms with E-state index in [0.717, 1.165) is 0 Å². The Morgan fingerprint density at radius 1 is 1.28 bits per heavy atom. The third kappa shape index (κ3) is 3.90. The molecule has 0 fully saturated rings. The van der Waals surface area contributed by atoms with Gasteiger partial charge >= 0.3 is 5.97 Å². The van der Waals surface area contributed by atoms with Gasteiger partial charge in [0.15, 0.2) is 17.2 Å². The van der Waals surface area contributed by atoms with Crippen molar-refractivity contribution in [1.29, 1.82) is 0 Å². The van der Waals surface area contributed by atoms with Gasteiger partial charge in [0.25, 0.3) is 5.91 Å². The zero-order chi connectivity index (χ0) is 23.8. The molecule has 3 N–H and O–H groups in total. The summed E-state index contributed by atoms with van der Waals surface area (Å²) in [6.45, 7) is 4.77. The van der Waals surface area contributed by atoms with Crippen LogP contribution in [0.2, 0.25) is 0 Å². The van der Waals surface area contributed by atoms with Gasteiger partial charge in [0.05, 0.1) is 12.6 Å². The Balaban J connectivity index is 1.98. The SMILES string of the molecule is COc1ccnc(C(=O)NC(C)(C(=O)O)C(C)C(C)n2ccc3c(Br)ccc(F)c32)c1O. The highest BCUT2D eigenvalue weighted by Crippen LogP contribution is 2.35. The van der Waals surface area contributed by atoms with Gasteiger partial charge in [0, 0.05) is 40.3 Å². The Bertz CT molecular complexity index is 1200. The molecule has 0 bridgehead atoms. The lowest BCUT2D eigenvalue weighted by Gasteiger charge is -2.37. The van der Waals surface area contributed by atoms with Crippen LogP contribution in [0.4, 0.5) is 4.39 Å². The Morgan fingerprint density at radius 2 is 1.97 bits per heavy atom. The van der Waals surface area contributed by atoms with Gasteiger partial charge in [-0.1, -0.05) is 22.9 Å². The number of carboxylic acid groups (broad SMARTS) is 1. The summed E-state index contributed by atoms with van der Waals surface area (Å²) in [6.07, 6.45) is 2.95. The van der Waals surface area contributed by atoms with Crippen molar-refractivity contribution < 1.29 is 28.9 Å². The number of benzene rings is 1. The highest BCUT2D eigenvalue weighted by molar-refractivity contribution is 9.10. The number of hydrogen-bond donors (Lipinski definition) is 3. The van der Waals surface area contributed by atoms with E-state index in [9.17, 15) is 24.2 Å². The maximum Gasteiger partial charge on any atom is 0.329 e. The lowest BCUT2D eigenvalue weighted by Crippen LogP contribution is -2.58. The molecule has 0 aliphatic rings. The molecule has 170 valence electrons. The van der Waals surface area contributed by atoms with Crippen molar-refractivity contribution in [2.45, 2.75) is 32.4 Å². The number of aromatic hydroxyl groups is 1. The van der Waals surface area contributed by atoms with E-state index in [0.29, 0.717) is 15.4 Å². The fourth-order valence-corrected chi connectivity index (χ4v) is 4.15. The number of nitrogens with one attached hydrogen (secondary N) is 1. The molecule has 3 unspecified atom stereocenters. The fourth-order valence-electron chi connectivity index (χ4n) is 3.69. The molecular weight excluding hydrogens is 485 g/mol. The number of aliphatic carboxylic acids is 1. The number of nitrogens with zero attached hydrogens (tertiary/aromatic N) is 2. The van der Waals surface area contributed by atoms with Crippen molar-refractivity contribution in [3.8, 4) is 11.5 Å². The number of fused-ring (bicyclic) bond motifs is 1. The molecule has 0 saturated carbocycles. The number of hydrogen-bond acceptors (Lipinski definition) is 5. The fraction of sp³-hybridized carbons (Fsp3) is 0.318. The summed E-state index contributed by atoms with van der Waals surface area (Å²) in [5.74, 6) is -3.78. The first-order valence-electron chi connectivity index (χ1n) is 9.75. The van der Waals surface area contributed by atoms with Gasteiger partial charge in [-0.05, 0) is 32.0 Å². The monoisotopic (exact) mass is 507 g/mol. The number of carbonyl (C=O) groups excluding carboxylic acids is 1. The minimum Gasteiger partial charge on any atom is -0.503 e. The Hall–Kier alpha value is -3.14. The predicted octanol–water partition coefficient (Wildman–Crippen LogP) is 4.12. The standard InChI is InChI=1S/C22H23BrFN3O5/c1-11(12(2)27-10-8-13-14(23)5-6-15(24)18(13)27)22(3,21(30)31)26-20(29)17-19(28)16(32-4)7-9-25-17/h5-12,28H,1-4H3,(H,26,29)(H,30,31). The van der Waals surface area contributed by atoms with Gasteiger partial charge in [-0.2, -0.15) is 0 Å². The van der Waals surface area contributed by atoms with Crippen molar-refractivity contribution in [1.82, 2.24) is 14.9 Å². The zero-order valence-corrected chi connectivity index (χ0v) is 19.5. The van der Waals surface area contributed by atoms with E-state index in [1.165, 1.54) is 32.4 Å². The van der Waals surface area contributed by atoms with Crippen LogP contribution in [0.5, 0.6) is 11.5 Å². The first-order valence-corrected chi connectivity index (χ1v) is 10.5. The quantitative estimate of drug-likeness (QED) is 0.443. The molecule has 2 aromatic heterocycles. The molecule has 0 radical (unpaired) electrons. The van der Waals surface area contributed by atoms with Crippen LogP contribution in [0, 0.1) is 11.7 Å². The summed E-state index contributed by atoms with van der Waals surface area (Å²) < 4.78 is 21.9. The van der Waals surface area contributed by atoms with Crippen molar-refractivity contribution in [2.75, 3.05) is 7.11 Å². The molecule has 3 rings (SSSR count). The zero-order valence-electron chi connectivity index (χ0n) is 17.9. The molecule has 8 nitrogen and oxygen atoms in total. The van der Waals surface area contributed by atoms with Gasteiger partial charge in [-0.3, -0.25) is 4.79 Å². The molecule has 0 aliphatic carbocycles. The highest BCUT2D eigenvalue weighted by Gasteiger charge is 2.44. The van der Waals surface area contributed by atoms with Crippen LogP contribution >= 0.6 is 15.9 Å². The molecule has 3 atom stereocenters. The smallest absolute Gasteiger partial charge is 0.329 e.